The Bertz CT molecular complexity index is 658. The molecule has 0 spiro atoms. The van der Waals surface area contributed by atoms with Crippen molar-refractivity contribution in [1.82, 2.24) is 5.32 Å². The number of hydrogen-bond donors (Lipinski definition) is 1. The van der Waals surface area contributed by atoms with Crippen molar-refractivity contribution >= 4 is 21.6 Å². The standard InChI is InChI=1S/C19H32N2O3S/c1-8-16-9-11-17(12-10-16)21(25(7,23)24)15(6)19(22)20-18(13(2)3)14(4)5/h9-15,18H,8H2,1-7H3,(H,20,22). The van der Waals surface area contributed by atoms with Crippen LogP contribution in [0.25, 0.3) is 0 Å². The molecule has 0 radical (unpaired) electrons. The third-order valence-corrected chi connectivity index (χ3v) is 5.67. The lowest BCUT2D eigenvalue weighted by Gasteiger charge is -2.32. The summed E-state index contributed by atoms with van der Waals surface area (Å²) in [7, 11) is -3.59. The van der Waals surface area contributed by atoms with Crippen LogP contribution in [-0.4, -0.2) is 32.7 Å². The molecule has 0 aromatic heterocycles. The molecule has 0 bridgehead atoms. The van der Waals surface area contributed by atoms with Crippen molar-refractivity contribution in [3.63, 3.8) is 0 Å². The summed E-state index contributed by atoms with van der Waals surface area (Å²) < 4.78 is 25.9. The number of benzene rings is 1. The lowest BCUT2D eigenvalue weighted by Crippen LogP contribution is -2.52. The molecule has 1 aromatic carbocycles. The molecule has 1 aromatic rings. The van der Waals surface area contributed by atoms with Gasteiger partial charge in [-0.1, -0.05) is 46.8 Å². The first-order valence-corrected chi connectivity index (χ1v) is 10.7. The van der Waals surface area contributed by atoms with E-state index in [0.717, 1.165) is 18.2 Å². The monoisotopic (exact) mass is 368 g/mol. The molecule has 25 heavy (non-hydrogen) atoms. The molecule has 1 unspecified atom stereocenters. The minimum Gasteiger partial charge on any atom is -0.351 e. The van der Waals surface area contributed by atoms with Crippen LogP contribution < -0.4 is 9.62 Å². The molecule has 0 heterocycles. The highest BCUT2D eigenvalue weighted by atomic mass is 32.2. The van der Waals surface area contributed by atoms with E-state index in [9.17, 15) is 13.2 Å². The summed E-state index contributed by atoms with van der Waals surface area (Å²) in [5, 5.41) is 3.02. The van der Waals surface area contributed by atoms with Crippen molar-refractivity contribution in [2.75, 3.05) is 10.6 Å². The van der Waals surface area contributed by atoms with E-state index in [-0.39, 0.29) is 23.8 Å². The highest BCUT2D eigenvalue weighted by Gasteiger charge is 2.31. The van der Waals surface area contributed by atoms with Gasteiger partial charge in [0, 0.05) is 6.04 Å². The average Bonchev–Trinajstić information content (AvgIpc) is 2.51. The number of carbonyl (C=O) groups is 1. The molecule has 6 heteroatoms. The molecule has 0 saturated heterocycles. The Morgan fingerprint density at radius 2 is 1.52 bits per heavy atom. The number of rotatable bonds is 8. The second kappa shape index (κ2) is 8.70. The molecule has 1 atom stereocenters. The minimum atomic E-state index is -3.59. The van der Waals surface area contributed by atoms with E-state index in [0.29, 0.717) is 5.69 Å². The van der Waals surface area contributed by atoms with Gasteiger partial charge in [-0.3, -0.25) is 9.10 Å². The van der Waals surface area contributed by atoms with E-state index in [4.69, 9.17) is 0 Å². The molecular formula is C19H32N2O3S. The molecule has 1 amide bonds. The molecule has 0 aliphatic carbocycles. The third kappa shape index (κ3) is 5.73. The molecule has 1 N–H and O–H groups in total. The Hall–Kier alpha value is -1.56. The van der Waals surface area contributed by atoms with E-state index < -0.39 is 16.1 Å². The van der Waals surface area contributed by atoms with Crippen LogP contribution in [0.3, 0.4) is 0 Å². The van der Waals surface area contributed by atoms with Crippen LogP contribution in [0, 0.1) is 11.8 Å². The number of aryl methyl sites for hydroxylation is 1. The van der Waals surface area contributed by atoms with Crippen LogP contribution in [0.15, 0.2) is 24.3 Å². The Morgan fingerprint density at radius 3 is 1.88 bits per heavy atom. The Morgan fingerprint density at radius 1 is 1.04 bits per heavy atom. The molecular weight excluding hydrogens is 336 g/mol. The van der Waals surface area contributed by atoms with Crippen molar-refractivity contribution in [2.24, 2.45) is 11.8 Å². The van der Waals surface area contributed by atoms with Gasteiger partial charge in [0.15, 0.2) is 0 Å². The molecule has 0 aliphatic heterocycles. The maximum absolute atomic E-state index is 12.7. The van der Waals surface area contributed by atoms with E-state index in [1.807, 2.05) is 46.8 Å². The van der Waals surface area contributed by atoms with Crippen molar-refractivity contribution < 1.29 is 13.2 Å². The summed E-state index contributed by atoms with van der Waals surface area (Å²) in [5.41, 5.74) is 1.63. The fourth-order valence-corrected chi connectivity index (χ4v) is 4.25. The van der Waals surface area contributed by atoms with Crippen LogP contribution in [0.2, 0.25) is 0 Å². The summed E-state index contributed by atoms with van der Waals surface area (Å²) in [6.45, 7) is 11.9. The number of amides is 1. The summed E-state index contributed by atoms with van der Waals surface area (Å²) >= 11 is 0. The van der Waals surface area contributed by atoms with Gasteiger partial charge in [-0.25, -0.2) is 8.42 Å². The van der Waals surface area contributed by atoms with Gasteiger partial charge in [0.25, 0.3) is 0 Å². The van der Waals surface area contributed by atoms with E-state index in [1.54, 1.807) is 19.1 Å². The predicted molar refractivity (Wildman–Crippen MR) is 104 cm³/mol. The van der Waals surface area contributed by atoms with Gasteiger partial charge < -0.3 is 5.32 Å². The SMILES string of the molecule is CCc1ccc(N(C(C)C(=O)NC(C(C)C)C(C)C)S(C)(=O)=O)cc1. The Balaban J connectivity index is 3.12. The normalized spacial score (nSPS) is 13.4. The quantitative estimate of drug-likeness (QED) is 0.766. The van der Waals surface area contributed by atoms with E-state index in [2.05, 4.69) is 5.32 Å². The number of nitrogens with zero attached hydrogens (tertiary/aromatic N) is 1. The first kappa shape index (κ1) is 21.5. The third-order valence-electron chi connectivity index (χ3n) is 4.43. The first-order chi connectivity index (χ1) is 11.5. The highest BCUT2D eigenvalue weighted by Crippen LogP contribution is 2.22. The summed E-state index contributed by atoms with van der Waals surface area (Å²) in [4.78, 5) is 12.7. The number of anilines is 1. The van der Waals surface area contributed by atoms with Gasteiger partial charge in [0.05, 0.1) is 11.9 Å². The van der Waals surface area contributed by atoms with Crippen LogP contribution in [-0.2, 0) is 21.2 Å². The van der Waals surface area contributed by atoms with Crippen molar-refractivity contribution in [3.8, 4) is 0 Å². The molecule has 5 nitrogen and oxygen atoms in total. The fourth-order valence-electron chi connectivity index (χ4n) is 3.08. The molecule has 0 saturated carbocycles. The Kier molecular flexibility index (Phi) is 7.47. The van der Waals surface area contributed by atoms with Crippen LogP contribution in [0.5, 0.6) is 0 Å². The average molecular weight is 369 g/mol. The van der Waals surface area contributed by atoms with Gasteiger partial charge in [-0.05, 0) is 42.9 Å². The second-order valence-corrected chi connectivity index (χ2v) is 9.14. The second-order valence-electron chi connectivity index (χ2n) is 7.28. The van der Waals surface area contributed by atoms with Crippen LogP contribution in [0.1, 0.15) is 47.1 Å². The fraction of sp³-hybridized carbons (Fsp3) is 0.632. The highest BCUT2D eigenvalue weighted by molar-refractivity contribution is 7.92. The van der Waals surface area contributed by atoms with Gasteiger partial charge in [-0.15, -0.1) is 0 Å². The predicted octanol–water partition coefficient (Wildman–Crippen LogP) is 3.20. The number of hydrogen-bond acceptors (Lipinski definition) is 3. The zero-order valence-corrected chi connectivity index (χ0v) is 17.2. The summed E-state index contributed by atoms with van der Waals surface area (Å²) in [6.07, 6.45) is 2.01. The maximum Gasteiger partial charge on any atom is 0.243 e. The van der Waals surface area contributed by atoms with E-state index in [1.165, 1.54) is 4.31 Å². The van der Waals surface area contributed by atoms with Crippen molar-refractivity contribution in [3.05, 3.63) is 29.8 Å². The lowest BCUT2D eigenvalue weighted by atomic mass is 9.93. The van der Waals surface area contributed by atoms with Gasteiger partial charge in [0.2, 0.25) is 15.9 Å². The summed E-state index contributed by atoms with van der Waals surface area (Å²) in [6, 6.07) is 6.48. The molecule has 142 valence electrons. The van der Waals surface area contributed by atoms with Crippen LogP contribution in [0.4, 0.5) is 5.69 Å². The smallest absolute Gasteiger partial charge is 0.243 e. The first-order valence-electron chi connectivity index (χ1n) is 8.87. The molecule has 0 fully saturated rings. The zero-order chi connectivity index (χ0) is 19.4. The Labute approximate surface area is 152 Å². The van der Waals surface area contributed by atoms with Crippen molar-refractivity contribution in [2.45, 2.75) is 60.0 Å². The molecule has 1 rings (SSSR count). The number of carbonyl (C=O) groups excluding carboxylic acids is 1. The zero-order valence-electron chi connectivity index (χ0n) is 16.4. The van der Waals surface area contributed by atoms with E-state index >= 15 is 0 Å². The van der Waals surface area contributed by atoms with Crippen LogP contribution >= 0.6 is 0 Å². The largest absolute Gasteiger partial charge is 0.351 e. The number of sulfonamides is 1. The maximum atomic E-state index is 12.7. The van der Waals surface area contributed by atoms with Gasteiger partial charge in [-0.2, -0.15) is 0 Å². The van der Waals surface area contributed by atoms with Crippen molar-refractivity contribution in [1.29, 1.82) is 0 Å². The minimum absolute atomic E-state index is 0.00109. The molecule has 0 aliphatic rings. The van der Waals surface area contributed by atoms with Gasteiger partial charge >= 0.3 is 0 Å². The lowest BCUT2D eigenvalue weighted by molar-refractivity contribution is -0.123. The topological polar surface area (TPSA) is 66.5 Å². The summed E-state index contributed by atoms with van der Waals surface area (Å²) in [5.74, 6) is 0.260. The van der Waals surface area contributed by atoms with Gasteiger partial charge in [0.1, 0.15) is 6.04 Å². The number of nitrogens with one attached hydrogen (secondary N) is 1.